The summed E-state index contributed by atoms with van der Waals surface area (Å²) in [5.41, 5.74) is 2.30. The molecule has 0 spiro atoms. The third-order valence-electron chi connectivity index (χ3n) is 4.34. The number of carbonyl (C=O) groups is 1. The van der Waals surface area contributed by atoms with Crippen LogP contribution in [0.5, 0.6) is 5.75 Å². The second-order valence-electron chi connectivity index (χ2n) is 6.42. The molecule has 7 heteroatoms. The Bertz CT molecular complexity index is 1300. The Labute approximate surface area is 186 Å². The number of benzene rings is 3. The van der Waals surface area contributed by atoms with Gasteiger partial charge in [-0.05, 0) is 60.7 Å². The average molecular weight is 484 g/mol. The van der Waals surface area contributed by atoms with Gasteiger partial charge in [-0.1, -0.05) is 33.6 Å². The summed E-state index contributed by atoms with van der Waals surface area (Å²) in [6.07, 6.45) is 0. The number of ether oxygens (including phenoxy) is 1. The van der Waals surface area contributed by atoms with Crippen LogP contribution >= 0.6 is 27.5 Å². The van der Waals surface area contributed by atoms with Gasteiger partial charge in [-0.15, -0.1) is 0 Å². The average Bonchev–Trinajstić information content (AvgIpc) is 2.75. The molecule has 4 rings (SSSR count). The maximum atomic E-state index is 13.1. The number of anilines is 1. The number of nitrogens with zero attached hydrogens (tertiary/aromatic N) is 1. The smallest absolute Gasteiger partial charge is 0.261 e. The number of fused-ring (bicyclic) bond motifs is 1. The van der Waals surface area contributed by atoms with Crippen molar-refractivity contribution in [1.82, 2.24) is 0 Å². The first kappa shape index (κ1) is 20.2. The van der Waals surface area contributed by atoms with Crippen LogP contribution in [-0.2, 0) is 0 Å². The fourth-order valence-corrected chi connectivity index (χ4v) is 3.32. The van der Waals surface area contributed by atoms with Crippen molar-refractivity contribution in [2.24, 2.45) is 4.99 Å². The highest BCUT2D eigenvalue weighted by Crippen LogP contribution is 2.22. The lowest BCUT2D eigenvalue weighted by Crippen LogP contribution is -2.21. The van der Waals surface area contributed by atoms with E-state index in [0.717, 1.165) is 4.47 Å². The number of hydrogen-bond acceptors (Lipinski definition) is 4. The topological polar surface area (TPSA) is 63.8 Å². The van der Waals surface area contributed by atoms with E-state index < -0.39 is 0 Å². The zero-order valence-corrected chi connectivity index (χ0v) is 18.2. The van der Waals surface area contributed by atoms with Crippen molar-refractivity contribution >= 4 is 55.8 Å². The third kappa shape index (κ3) is 4.56. The van der Waals surface area contributed by atoms with Crippen LogP contribution in [0.25, 0.3) is 11.0 Å². The molecule has 0 saturated heterocycles. The predicted molar refractivity (Wildman–Crippen MR) is 122 cm³/mol. The number of carbonyl (C=O) groups excluding carboxylic acids is 1. The molecule has 150 valence electrons. The molecular formula is C23H16BrClN2O3. The minimum absolute atomic E-state index is 0.188. The van der Waals surface area contributed by atoms with Gasteiger partial charge >= 0.3 is 0 Å². The molecule has 0 aliphatic carbocycles. The van der Waals surface area contributed by atoms with Crippen molar-refractivity contribution in [3.8, 4) is 5.75 Å². The number of hydrogen-bond donors (Lipinski definition) is 1. The first-order chi connectivity index (χ1) is 14.5. The standard InChI is InChI=1S/C23H16BrClN2O3/c1-29-19-4-2-3-18(13-19)27-23-20(12-14-11-16(25)7-10-21(14)30-23)22(28)26-17-8-5-15(24)6-9-17/h2-13H,1H3,(H,26,28). The highest BCUT2D eigenvalue weighted by atomic mass is 79.9. The van der Waals surface area contributed by atoms with Crippen molar-refractivity contribution in [3.05, 3.63) is 93.4 Å². The lowest BCUT2D eigenvalue weighted by Gasteiger charge is -2.08. The van der Waals surface area contributed by atoms with Gasteiger partial charge in [0.25, 0.3) is 5.91 Å². The van der Waals surface area contributed by atoms with Crippen LogP contribution < -0.4 is 15.6 Å². The number of methoxy groups -OCH3 is 1. The van der Waals surface area contributed by atoms with Gasteiger partial charge < -0.3 is 14.5 Å². The van der Waals surface area contributed by atoms with E-state index in [4.69, 9.17) is 20.8 Å². The molecule has 0 aliphatic rings. The van der Waals surface area contributed by atoms with Crippen molar-refractivity contribution in [2.75, 3.05) is 12.4 Å². The van der Waals surface area contributed by atoms with Crippen molar-refractivity contribution in [3.63, 3.8) is 0 Å². The van der Waals surface area contributed by atoms with E-state index in [1.54, 1.807) is 55.6 Å². The van der Waals surface area contributed by atoms with Gasteiger partial charge in [-0.25, -0.2) is 4.99 Å². The van der Waals surface area contributed by atoms with E-state index in [-0.39, 0.29) is 17.0 Å². The molecule has 0 aliphatic heterocycles. The minimum Gasteiger partial charge on any atom is -0.497 e. The van der Waals surface area contributed by atoms with Crippen molar-refractivity contribution in [1.29, 1.82) is 0 Å². The third-order valence-corrected chi connectivity index (χ3v) is 5.10. The van der Waals surface area contributed by atoms with Crippen LogP contribution in [0.1, 0.15) is 10.4 Å². The quantitative estimate of drug-likeness (QED) is 0.368. The van der Waals surface area contributed by atoms with E-state index in [9.17, 15) is 4.79 Å². The van der Waals surface area contributed by atoms with Gasteiger partial charge in [0, 0.05) is 26.6 Å². The molecule has 0 radical (unpaired) electrons. The van der Waals surface area contributed by atoms with Gasteiger partial charge in [0.2, 0.25) is 5.55 Å². The second-order valence-corrected chi connectivity index (χ2v) is 7.77. The SMILES string of the molecule is COc1cccc(N=c2oc3ccc(Cl)cc3cc2C(=O)Nc2ccc(Br)cc2)c1. The maximum Gasteiger partial charge on any atom is 0.261 e. The van der Waals surface area contributed by atoms with Crippen LogP contribution in [0.15, 0.2) is 86.7 Å². The first-order valence-electron chi connectivity index (χ1n) is 9.01. The summed E-state index contributed by atoms with van der Waals surface area (Å²) in [6.45, 7) is 0. The number of rotatable bonds is 4. The molecule has 0 fully saturated rings. The lowest BCUT2D eigenvalue weighted by molar-refractivity contribution is 0.102. The summed E-state index contributed by atoms with van der Waals surface area (Å²) in [6, 6.07) is 21.4. The highest BCUT2D eigenvalue weighted by molar-refractivity contribution is 9.10. The van der Waals surface area contributed by atoms with Gasteiger partial charge in [0.1, 0.15) is 16.9 Å². The summed E-state index contributed by atoms with van der Waals surface area (Å²) in [5, 5.41) is 4.13. The minimum atomic E-state index is -0.343. The fraction of sp³-hybridized carbons (Fsp3) is 0.0435. The molecular weight excluding hydrogens is 468 g/mol. The largest absolute Gasteiger partial charge is 0.497 e. The van der Waals surface area contributed by atoms with Crippen LogP contribution in [0.4, 0.5) is 11.4 Å². The molecule has 1 N–H and O–H groups in total. The van der Waals surface area contributed by atoms with Crippen LogP contribution in [0.2, 0.25) is 5.02 Å². The van der Waals surface area contributed by atoms with Crippen molar-refractivity contribution in [2.45, 2.75) is 0 Å². The monoisotopic (exact) mass is 482 g/mol. The lowest BCUT2D eigenvalue weighted by atomic mass is 10.1. The van der Waals surface area contributed by atoms with Crippen LogP contribution in [-0.4, -0.2) is 13.0 Å². The summed E-state index contributed by atoms with van der Waals surface area (Å²) >= 11 is 9.50. The molecule has 1 amide bonds. The van der Waals surface area contributed by atoms with E-state index in [1.807, 2.05) is 24.3 Å². The molecule has 0 atom stereocenters. The van der Waals surface area contributed by atoms with E-state index in [1.165, 1.54) is 0 Å². The van der Waals surface area contributed by atoms with E-state index in [2.05, 4.69) is 26.2 Å². The highest BCUT2D eigenvalue weighted by Gasteiger charge is 2.14. The molecule has 1 heterocycles. The molecule has 5 nitrogen and oxygen atoms in total. The zero-order valence-electron chi connectivity index (χ0n) is 15.9. The second kappa shape index (κ2) is 8.73. The summed E-state index contributed by atoms with van der Waals surface area (Å²) in [4.78, 5) is 17.6. The van der Waals surface area contributed by atoms with Gasteiger partial charge in [-0.2, -0.15) is 0 Å². The molecule has 1 aromatic heterocycles. The Balaban J connectivity index is 1.84. The van der Waals surface area contributed by atoms with Crippen LogP contribution in [0.3, 0.4) is 0 Å². The van der Waals surface area contributed by atoms with E-state index in [0.29, 0.717) is 33.1 Å². The normalized spacial score (nSPS) is 11.5. The summed E-state index contributed by atoms with van der Waals surface area (Å²) < 4.78 is 12.1. The van der Waals surface area contributed by atoms with Gasteiger partial charge in [-0.3, -0.25) is 4.79 Å². The Morgan fingerprint density at radius 3 is 2.63 bits per heavy atom. The molecule has 0 saturated carbocycles. The van der Waals surface area contributed by atoms with Gasteiger partial charge in [0.05, 0.1) is 12.8 Å². The Morgan fingerprint density at radius 2 is 1.87 bits per heavy atom. The number of halogens is 2. The van der Waals surface area contributed by atoms with Gasteiger partial charge in [0.15, 0.2) is 0 Å². The van der Waals surface area contributed by atoms with E-state index >= 15 is 0 Å². The zero-order chi connectivity index (χ0) is 21.1. The van der Waals surface area contributed by atoms with Crippen LogP contribution in [0, 0.1) is 0 Å². The predicted octanol–water partition coefficient (Wildman–Crippen LogP) is 6.34. The number of amides is 1. The molecule has 4 aromatic rings. The Kier molecular flexibility index (Phi) is 5.88. The number of nitrogens with one attached hydrogen (secondary N) is 1. The molecule has 3 aromatic carbocycles. The maximum absolute atomic E-state index is 13.1. The van der Waals surface area contributed by atoms with Crippen molar-refractivity contribution < 1.29 is 13.9 Å². The molecule has 30 heavy (non-hydrogen) atoms. The summed E-state index contributed by atoms with van der Waals surface area (Å²) in [5.74, 6) is 0.314. The summed E-state index contributed by atoms with van der Waals surface area (Å²) in [7, 11) is 1.58. The first-order valence-corrected chi connectivity index (χ1v) is 10.2. The molecule has 0 unspecified atom stereocenters. The Morgan fingerprint density at radius 1 is 1.07 bits per heavy atom. The Hall–Kier alpha value is -3.09. The fourth-order valence-electron chi connectivity index (χ4n) is 2.88. The molecule has 0 bridgehead atoms.